The highest BCUT2D eigenvalue weighted by atomic mass is 16.2. The lowest BCUT2D eigenvalue weighted by Gasteiger charge is -2.32. The Balaban J connectivity index is 1.74. The zero-order valence-corrected chi connectivity index (χ0v) is 12.1. The number of benzene rings is 1. The van der Waals surface area contributed by atoms with Crippen molar-refractivity contribution in [3.63, 3.8) is 0 Å². The van der Waals surface area contributed by atoms with Crippen LogP contribution >= 0.6 is 0 Å². The minimum absolute atomic E-state index is 0.181. The number of nitrogen functional groups attached to an aromatic ring is 1. The molecule has 1 unspecified atom stereocenters. The van der Waals surface area contributed by atoms with E-state index in [1.54, 1.807) is 12.1 Å². The molecule has 0 aliphatic carbocycles. The fraction of sp³-hybridized carbons (Fsp3) is 0.533. The van der Waals surface area contributed by atoms with Gasteiger partial charge in [-0.25, -0.2) is 4.79 Å². The molecule has 0 aromatic heterocycles. The summed E-state index contributed by atoms with van der Waals surface area (Å²) in [7, 11) is 0. The van der Waals surface area contributed by atoms with Crippen molar-refractivity contribution in [3.8, 4) is 0 Å². The van der Waals surface area contributed by atoms with E-state index in [0.29, 0.717) is 24.0 Å². The Morgan fingerprint density at radius 3 is 2.80 bits per heavy atom. The Kier molecular flexibility index (Phi) is 5.24. The summed E-state index contributed by atoms with van der Waals surface area (Å²) in [5, 5.41) is 5.71. The molecule has 0 saturated carbocycles. The number of hydrogen-bond donors (Lipinski definition) is 3. The molecule has 1 saturated heterocycles. The van der Waals surface area contributed by atoms with Crippen LogP contribution in [0.25, 0.3) is 0 Å². The first-order valence-electron chi connectivity index (χ1n) is 7.29. The van der Waals surface area contributed by atoms with Crippen LogP contribution in [-0.4, -0.2) is 36.6 Å². The minimum atomic E-state index is -0.181. The number of carbonyl (C=O) groups is 1. The summed E-state index contributed by atoms with van der Waals surface area (Å²) >= 11 is 0. The highest BCUT2D eigenvalue weighted by molar-refractivity contribution is 5.89. The first-order chi connectivity index (χ1) is 9.65. The van der Waals surface area contributed by atoms with E-state index >= 15 is 0 Å². The Labute approximate surface area is 120 Å². The Hall–Kier alpha value is -1.75. The summed E-state index contributed by atoms with van der Waals surface area (Å²) in [6.45, 7) is 5.10. The molecule has 1 atom stereocenters. The number of hydrogen-bond acceptors (Lipinski definition) is 3. The summed E-state index contributed by atoms with van der Waals surface area (Å²) in [5.74, 6) is 0. The van der Waals surface area contributed by atoms with Gasteiger partial charge < -0.3 is 16.4 Å². The number of piperidine rings is 1. The molecule has 1 aliphatic heterocycles. The van der Waals surface area contributed by atoms with Gasteiger partial charge in [-0.1, -0.05) is 12.5 Å². The molecule has 0 spiro atoms. The third kappa shape index (κ3) is 4.42. The van der Waals surface area contributed by atoms with E-state index in [9.17, 15) is 4.79 Å². The average Bonchev–Trinajstić information content (AvgIpc) is 2.46. The number of nitrogens with two attached hydrogens (primary N) is 1. The largest absolute Gasteiger partial charge is 0.399 e. The van der Waals surface area contributed by atoms with E-state index in [4.69, 9.17) is 5.73 Å². The lowest BCUT2D eigenvalue weighted by Crippen LogP contribution is -2.45. The third-order valence-electron chi connectivity index (χ3n) is 3.72. The number of anilines is 2. The fourth-order valence-corrected chi connectivity index (χ4v) is 2.52. The topological polar surface area (TPSA) is 70.4 Å². The molecule has 0 bridgehead atoms. The molecule has 1 heterocycles. The van der Waals surface area contributed by atoms with Crippen LogP contribution in [0.4, 0.5) is 16.2 Å². The zero-order chi connectivity index (χ0) is 14.4. The molecule has 1 aliphatic rings. The molecule has 5 nitrogen and oxygen atoms in total. The Morgan fingerprint density at radius 2 is 2.10 bits per heavy atom. The number of carbonyl (C=O) groups excluding carboxylic acids is 1. The predicted octanol–water partition coefficient (Wildman–Crippen LogP) is 2.26. The van der Waals surface area contributed by atoms with E-state index in [2.05, 4.69) is 22.5 Å². The van der Waals surface area contributed by atoms with Crippen LogP contribution < -0.4 is 16.4 Å². The Morgan fingerprint density at radius 1 is 1.35 bits per heavy atom. The first-order valence-corrected chi connectivity index (χ1v) is 7.29. The maximum absolute atomic E-state index is 11.8. The van der Waals surface area contributed by atoms with Gasteiger partial charge >= 0.3 is 6.03 Å². The van der Waals surface area contributed by atoms with Gasteiger partial charge in [0, 0.05) is 24.0 Å². The van der Waals surface area contributed by atoms with Crippen molar-refractivity contribution in [2.45, 2.75) is 32.2 Å². The number of urea groups is 1. The standard InChI is InChI=1S/C15H24N4O/c1-12(19-8-3-2-4-9-19)11-17-15(20)18-14-7-5-6-13(16)10-14/h5-7,10,12H,2-4,8-9,11,16H2,1H3,(H2,17,18,20). The van der Waals surface area contributed by atoms with Crippen molar-refractivity contribution < 1.29 is 4.79 Å². The highest BCUT2D eigenvalue weighted by Crippen LogP contribution is 2.12. The molecular weight excluding hydrogens is 252 g/mol. The lowest BCUT2D eigenvalue weighted by atomic mass is 10.1. The van der Waals surface area contributed by atoms with Crippen molar-refractivity contribution in [1.29, 1.82) is 0 Å². The Bertz CT molecular complexity index is 443. The molecule has 0 radical (unpaired) electrons. The van der Waals surface area contributed by atoms with Crippen LogP contribution in [0.2, 0.25) is 0 Å². The summed E-state index contributed by atoms with van der Waals surface area (Å²) in [6.07, 6.45) is 3.85. The maximum atomic E-state index is 11.8. The fourth-order valence-electron chi connectivity index (χ4n) is 2.52. The molecular formula is C15H24N4O. The van der Waals surface area contributed by atoms with Crippen LogP contribution in [0.3, 0.4) is 0 Å². The van der Waals surface area contributed by atoms with Crippen molar-refractivity contribution in [2.75, 3.05) is 30.7 Å². The molecule has 1 aromatic rings. The summed E-state index contributed by atoms with van der Waals surface area (Å²) < 4.78 is 0. The van der Waals surface area contributed by atoms with Crippen LogP contribution in [0.5, 0.6) is 0 Å². The van der Waals surface area contributed by atoms with Crippen LogP contribution in [0.1, 0.15) is 26.2 Å². The van der Waals surface area contributed by atoms with E-state index in [-0.39, 0.29) is 6.03 Å². The second-order valence-electron chi connectivity index (χ2n) is 5.41. The normalized spacial score (nSPS) is 17.4. The molecule has 4 N–H and O–H groups in total. The monoisotopic (exact) mass is 276 g/mol. The molecule has 20 heavy (non-hydrogen) atoms. The van der Waals surface area contributed by atoms with Gasteiger partial charge in [0.25, 0.3) is 0 Å². The average molecular weight is 276 g/mol. The second kappa shape index (κ2) is 7.14. The van der Waals surface area contributed by atoms with Crippen molar-refractivity contribution >= 4 is 17.4 Å². The van der Waals surface area contributed by atoms with E-state index in [1.165, 1.54) is 19.3 Å². The molecule has 110 valence electrons. The summed E-state index contributed by atoms with van der Waals surface area (Å²) in [6, 6.07) is 7.38. The number of nitrogens with one attached hydrogen (secondary N) is 2. The van der Waals surface area contributed by atoms with Gasteiger partial charge in [-0.2, -0.15) is 0 Å². The van der Waals surface area contributed by atoms with Crippen molar-refractivity contribution in [2.24, 2.45) is 0 Å². The van der Waals surface area contributed by atoms with E-state index in [0.717, 1.165) is 13.1 Å². The van der Waals surface area contributed by atoms with Gasteiger partial charge in [-0.05, 0) is 51.1 Å². The number of likely N-dealkylation sites (tertiary alicyclic amines) is 1. The quantitative estimate of drug-likeness (QED) is 0.739. The lowest BCUT2D eigenvalue weighted by molar-refractivity contribution is 0.171. The number of rotatable bonds is 4. The van der Waals surface area contributed by atoms with Crippen molar-refractivity contribution in [3.05, 3.63) is 24.3 Å². The van der Waals surface area contributed by atoms with Crippen molar-refractivity contribution in [1.82, 2.24) is 10.2 Å². The zero-order valence-electron chi connectivity index (χ0n) is 12.1. The third-order valence-corrected chi connectivity index (χ3v) is 3.72. The van der Waals surface area contributed by atoms with Gasteiger partial charge in [0.2, 0.25) is 0 Å². The van der Waals surface area contributed by atoms with Gasteiger partial charge in [-0.3, -0.25) is 4.90 Å². The molecule has 1 aromatic carbocycles. The van der Waals surface area contributed by atoms with Crippen LogP contribution in [0, 0.1) is 0 Å². The van der Waals surface area contributed by atoms with Crippen LogP contribution in [0.15, 0.2) is 24.3 Å². The second-order valence-corrected chi connectivity index (χ2v) is 5.41. The van der Waals surface area contributed by atoms with Gasteiger partial charge in [0.15, 0.2) is 0 Å². The predicted molar refractivity (Wildman–Crippen MR) is 82.8 cm³/mol. The van der Waals surface area contributed by atoms with Gasteiger partial charge in [0.05, 0.1) is 0 Å². The van der Waals surface area contributed by atoms with E-state index in [1.807, 2.05) is 12.1 Å². The maximum Gasteiger partial charge on any atom is 0.319 e. The highest BCUT2D eigenvalue weighted by Gasteiger charge is 2.16. The smallest absolute Gasteiger partial charge is 0.319 e. The number of amides is 2. The molecule has 1 fully saturated rings. The summed E-state index contributed by atoms with van der Waals surface area (Å²) in [4.78, 5) is 14.3. The van der Waals surface area contributed by atoms with E-state index < -0.39 is 0 Å². The van der Waals surface area contributed by atoms with Gasteiger partial charge in [-0.15, -0.1) is 0 Å². The molecule has 5 heteroatoms. The SMILES string of the molecule is CC(CNC(=O)Nc1cccc(N)c1)N1CCCCC1. The summed E-state index contributed by atoms with van der Waals surface area (Å²) in [5.41, 5.74) is 7.03. The first kappa shape index (κ1) is 14.7. The molecule has 2 amide bonds. The van der Waals surface area contributed by atoms with Crippen LogP contribution in [-0.2, 0) is 0 Å². The minimum Gasteiger partial charge on any atom is -0.399 e. The van der Waals surface area contributed by atoms with Gasteiger partial charge in [0.1, 0.15) is 0 Å². The number of nitrogens with zero attached hydrogens (tertiary/aromatic N) is 1. The molecule has 2 rings (SSSR count).